The average molecular weight is 340 g/mol. The molecule has 126 valence electrons. The third-order valence-electron chi connectivity index (χ3n) is 4.38. The molecule has 4 rings (SSSR count). The smallest absolute Gasteiger partial charge is 0.123 e. The number of hydrogen-bond donors (Lipinski definition) is 1. The molecule has 2 aromatic heterocycles. The van der Waals surface area contributed by atoms with Crippen LogP contribution in [0.1, 0.15) is 5.56 Å². The number of nitrogens with zero attached hydrogens (tertiary/aromatic N) is 3. The first-order chi connectivity index (χ1) is 12.7. The molecule has 0 fully saturated rings. The second-order valence-corrected chi connectivity index (χ2v) is 5.92. The van der Waals surface area contributed by atoms with Gasteiger partial charge in [-0.05, 0) is 60.2 Å². The van der Waals surface area contributed by atoms with Gasteiger partial charge in [-0.2, -0.15) is 5.26 Å². The summed E-state index contributed by atoms with van der Waals surface area (Å²) in [5.41, 5.74) is 10.5. The highest BCUT2D eigenvalue weighted by atomic mass is 16.5. The Balaban J connectivity index is 1.98. The molecule has 4 aromatic rings. The van der Waals surface area contributed by atoms with Crippen LogP contribution in [-0.2, 0) is 0 Å². The minimum Gasteiger partial charge on any atom is -0.497 e. The number of nitriles is 1. The zero-order chi connectivity index (χ0) is 18.1. The van der Waals surface area contributed by atoms with Gasteiger partial charge in [-0.25, -0.2) is 4.98 Å². The number of benzene rings is 2. The van der Waals surface area contributed by atoms with E-state index in [4.69, 9.17) is 10.5 Å². The number of aromatic nitrogens is 2. The number of hydrogen-bond acceptors (Lipinski definition) is 4. The largest absolute Gasteiger partial charge is 0.497 e. The minimum atomic E-state index is 0.462. The number of nitrogens with two attached hydrogens (primary N) is 1. The van der Waals surface area contributed by atoms with E-state index in [1.807, 2.05) is 54.6 Å². The molecule has 0 unspecified atom stereocenters. The van der Waals surface area contributed by atoms with Crippen LogP contribution >= 0.6 is 0 Å². The Bertz CT molecular complexity index is 1140. The molecule has 0 aliphatic rings. The van der Waals surface area contributed by atoms with Crippen molar-refractivity contribution in [2.75, 3.05) is 12.8 Å². The quantitative estimate of drug-likeness (QED) is 0.607. The fourth-order valence-electron chi connectivity index (χ4n) is 3.10. The molecule has 0 amide bonds. The van der Waals surface area contributed by atoms with Gasteiger partial charge in [0.25, 0.3) is 0 Å². The van der Waals surface area contributed by atoms with Crippen LogP contribution in [0, 0.1) is 11.3 Å². The Morgan fingerprint density at radius 1 is 1.08 bits per heavy atom. The van der Waals surface area contributed by atoms with Crippen molar-refractivity contribution in [3.63, 3.8) is 0 Å². The van der Waals surface area contributed by atoms with Crippen LogP contribution in [0.3, 0.4) is 0 Å². The highest BCUT2D eigenvalue weighted by molar-refractivity contribution is 5.98. The summed E-state index contributed by atoms with van der Waals surface area (Å²) in [6.45, 7) is 0. The van der Waals surface area contributed by atoms with Crippen molar-refractivity contribution in [1.29, 1.82) is 5.26 Å². The minimum absolute atomic E-state index is 0.462. The number of anilines is 1. The summed E-state index contributed by atoms with van der Waals surface area (Å²) < 4.78 is 7.34. The Morgan fingerprint density at radius 3 is 2.58 bits per heavy atom. The molecule has 5 heteroatoms. The summed E-state index contributed by atoms with van der Waals surface area (Å²) >= 11 is 0. The third-order valence-corrected chi connectivity index (χ3v) is 4.38. The summed E-state index contributed by atoms with van der Waals surface area (Å²) in [7, 11) is 1.65. The lowest BCUT2D eigenvalue weighted by atomic mass is 10.0. The molecule has 0 bridgehead atoms. The number of rotatable bonds is 3. The van der Waals surface area contributed by atoms with Gasteiger partial charge in [-0.3, -0.25) is 0 Å². The van der Waals surface area contributed by atoms with E-state index in [2.05, 4.69) is 21.8 Å². The van der Waals surface area contributed by atoms with Gasteiger partial charge in [0.15, 0.2) is 0 Å². The monoisotopic (exact) mass is 340 g/mol. The normalized spacial score (nSPS) is 10.6. The maximum absolute atomic E-state index is 9.28. The molecule has 0 atom stereocenters. The van der Waals surface area contributed by atoms with E-state index < -0.39 is 0 Å². The first kappa shape index (κ1) is 15.7. The van der Waals surface area contributed by atoms with Crippen molar-refractivity contribution in [3.05, 3.63) is 72.6 Å². The van der Waals surface area contributed by atoms with Crippen molar-refractivity contribution in [2.45, 2.75) is 0 Å². The van der Waals surface area contributed by atoms with E-state index >= 15 is 0 Å². The van der Waals surface area contributed by atoms with Gasteiger partial charge in [-0.1, -0.05) is 0 Å². The predicted octanol–water partition coefficient (Wildman–Crippen LogP) is 4.15. The molecule has 0 aliphatic heterocycles. The molecule has 26 heavy (non-hydrogen) atoms. The Hall–Kier alpha value is -3.78. The van der Waals surface area contributed by atoms with Crippen molar-refractivity contribution in [2.24, 2.45) is 0 Å². The number of ether oxygens (including phenoxy) is 1. The molecule has 2 heterocycles. The van der Waals surface area contributed by atoms with E-state index in [-0.39, 0.29) is 0 Å². The third kappa shape index (κ3) is 2.64. The van der Waals surface area contributed by atoms with E-state index in [1.54, 1.807) is 13.3 Å². The van der Waals surface area contributed by atoms with Gasteiger partial charge < -0.3 is 15.0 Å². The van der Waals surface area contributed by atoms with Crippen molar-refractivity contribution in [1.82, 2.24) is 9.55 Å². The number of nitrogen functional groups attached to an aromatic ring is 1. The lowest BCUT2D eigenvalue weighted by Gasteiger charge is -2.06. The van der Waals surface area contributed by atoms with Gasteiger partial charge in [0.1, 0.15) is 11.6 Å². The maximum atomic E-state index is 9.28. The van der Waals surface area contributed by atoms with Gasteiger partial charge in [0.05, 0.1) is 24.3 Å². The van der Waals surface area contributed by atoms with Gasteiger partial charge in [0, 0.05) is 29.0 Å². The molecule has 5 nitrogen and oxygen atoms in total. The topological polar surface area (TPSA) is 76.9 Å². The molecule has 0 radical (unpaired) electrons. The van der Waals surface area contributed by atoms with Gasteiger partial charge in [0.2, 0.25) is 0 Å². The van der Waals surface area contributed by atoms with Crippen LogP contribution in [0.4, 0.5) is 5.82 Å². The first-order valence-electron chi connectivity index (χ1n) is 8.11. The highest BCUT2D eigenvalue weighted by Gasteiger charge is 2.13. The molecule has 0 spiro atoms. The lowest BCUT2D eigenvalue weighted by Crippen LogP contribution is -1.92. The lowest BCUT2D eigenvalue weighted by molar-refractivity contribution is 0.415. The fraction of sp³-hybridized carbons (Fsp3) is 0.0476. The van der Waals surface area contributed by atoms with Crippen molar-refractivity contribution in [3.8, 4) is 28.6 Å². The fourth-order valence-corrected chi connectivity index (χ4v) is 3.10. The van der Waals surface area contributed by atoms with Crippen LogP contribution < -0.4 is 10.5 Å². The summed E-state index contributed by atoms with van der Waals surface area (Å²) in [4.78, 5) is 4.07. The molecule has 0 saturated carbocycles. The standard InChI is InChI=1S/C21H16N4O/c1-26-17-5-3-16(4-6-17)25-13-19(15-8-9-24-21(23)11-15)18-10-14(12-22)2-7-20(18)25/h2-11,13H,1H3,(H2,23,24). The molecule has 0 aliphatic carbocycles. The second kappa shape index (κ2) is 6.26. The van der Waals surface area contributed by atoms with Crippen LogP contribution in [0.2, 0.25) is 0 Å². The molecular weight excluding hydrogens is 324 g/mol. The second-order valence-electron chi connectivity index (χ2n) is 5.92. The zero-order valence-corrected chi connectivity index (χ0v) is 14.2. The summed E-state index contributed by atoms with van der Waals surface area (Å²) in [5.74, 6) is 1.27. The summed E-state index contributed by atoms with van der Waals surface area (Å²) in [6.07, 6.45) is 3.75. The SMILES string of the molecule is COc1ccc(-n2cc(-c3ccnc(N)c3)c3cc(C#N)ccc32)cc1. The van der Waals surface area contributed by atoms with Crippen LogP contribution in [0.5, 0.6) is 5.75 Å². The van der Waals surface area contributed by atoms with E-state index in [0.29, 0.717) is 11.4 Å². The molecular formula is C21H16N4O. The molecule has 2 aromatic carbocycles. The van der Waals surface area contributed by atoms with E-state index in [9.17, 15) is 5.26 Å². The Labute approximate surface area is 150 Å². The van der Waals surface area contributed by atoms with E-state index in [1.165, 1.54) is 0 Å². The maximum Gasteiger partial charge on any atom is 0.123 e. The predicted molar refractivity (Wildman–Crippen MR) is 102 cm³/mol. The Morgan fingerprint density at radius 2 is 1.88 bits per heavy atom. The Kier molecular flexibility index (Phi) is 3.79. The van der Waals surface area contributed by atoms with Crippen LogP contribution in [-0.4, -0.2) is 16.7 Å². The summed E-state index contributed by atoms with van der Waals surface area (Å²) in [6, 6.07) is 19.5. The van der Waals surface area contributed by atoms with Crippen LogP contribution in [0.15, 0.2) is 67.0 Å². The average Bonchev–Trinajstić information content (AvgIpc) is 3.06. The number of fused-ring (bicyclic) bond motifs is 1. The summed E-state index contributed by atoms with van der Waals surface area (Å²) in [5, 5.41) is 10.3. The zero-order valence-electron chi connectivity index (χ0n) is 14.2. The number of methoxy groups -OCH3 is 1. The van der Waals surface area contributed by atoms with E-state index in [0.717, 1.165) is 33.5 Å². The molecule has 2 N–H and O–H groups in total. The van der Waals surface area contributed by atoms with Gasteiger partial charge in [-0.15, -0.1) is 0 Å². The highest BCUT2D eigenvalue weighted by Crippen LogP contribution is 2.34. The van der Waals surface area contributed by atoms with Gasteiger partial charge >= 0.3 is 0 Å². The van der Waals surface area contributed by atoms with Crippen molar-refractivity contribution < 1.29 is 4.74 Å². The first-order valence-corrected chi connectivity index (χ1v) is 8.11. The van der Waals surface area contributed by atoms with Crippen molar-refractivity contribution >= 4 is 16.7 Å². The van der Waals surface area contributed by atoms with Crippen LogP contribution in [0.25, 0.3) is 27.7 Å². The molecule has 0 saturated heterocycles. The number of pyridine rings is 1.